The summed E-state index contributed by atoms with van der Waals surface area (Å²) < 4.78 is 0. The smallest absolute Gasteiger partial charge is 0.0103 e. The molecule has 0 bridgehead atoms. The molecule has 0 spiro atoms. The molecule has 1 rings (SSSR count). The Bertz CT molecular complexity index is 172. The zero-order valence-corrected chi connectivity index (χ0v) is 6.51. The average molecular weight is 134 g/mol. The highest BCUT2D eigenvalue weighted by molar-refractivity contribution is 5.25. The molecule has 0 nitrogen and oxygen atoms in total. The molecular weight excluding hydrogens is 120 g/mol. The van der Waals surface area contributed by atoms with Gasteiger partial charge in [-0.05, 0) is 24.3 Å². The van der Waals surface area contributed by atoms with Gasteiger partial charge in [-0.1, -0.05) is 31.2 Å². The summed E-state index contributed by atoms with van der Waals surface area (Å²) in [5.74, 6) is 0.722. The molecule has 54 valence electrons. The van der Waals surface area contributed by atoms with E-state index in [4.69, 9.17) is 0 Å². The van der Waals surface area contributed by atoms with Gasteiger partial charge in [-0.25, -0.2) is 0 Å². The third kappa shape index (κ3) is 1.87. The summed E-state index contributed by atoms with van der Waals surface area (Å²) in [6, 6.07) is 0. The SMILES string of the molecule is C=CCC1=CC(C)CC=C1. The van der Waals surface area contributed by atoms with Crippen LogP contribution >= 0.6 is 0 Å². The fraction of sp³-hybridized carbons (Fsp3) is 0.400. The highest BCUT2D eigenvalue weighted by Crippen LogP contribution is 2.17. The predicted molar refractivity (Wildman–Crippen MR) is 45.8 cm³/mol. The molecule has 1 atom stereocenters. The zero-order chi connectivity index (χ0) is 7.40. The van der Waals surface area contributed by atoms with Gasteiger partial charge in [0, 0.05) is 0 Å². The van der Waals surface area contributed by atoms with Gasteiger partial charge in [0.05, 0.1) is 0 Å². The second-order valence-corrected chi connectivity index (χ2v) is 2.85. The lowest BCUT2D eigenvalue weighted by molar-refractivity contribution is 0.726. The van der Waals surface area contributed by atoms with Crippen LogP contribution in [0.3, 0.4) is 0 Å². The Balaban J connectivity index is 2.57. The Morgan fingerprint density at radius 1 is 1.80 bits per heavy atom. The van der Waals surface area contributed by atoms with E-state index in [1.54, 1.807) is 0 Å². The minimum atomic E-state index is 0.722. The van der Waals surface area contributed by atoms with Crippen molar-refractivity contribution in [1.29, 1.82) is 0 Å². The first-order valence-electron chi connectivity index (χ1n) is 3.81. The van der Waals surface area contributed by atoms with E-state index in [2.05, 4.69) is 31.7 Å². The Kier molecular flexibility index (Phi) is 2.49. The van der Waals surface area contributed by atoms with Gasteiger partial charge < -0.3 is 0 Å². The van der Waals surface area contributed by atoms with Gasteiger partial charge in [0.2, 0.25) is 0 Å². The van der Waals surface area contributed by atoms with Gasteiger partial charge in [-0.3, -0.25) is 0 Å². The summed E-state index contributed by atoms with van der Waals surface area (Å²) in [6.45, 7) is 5.95. The standard InChI is InChI=1S/C10H14/c1-3-5-10-7-4-6-9(2)8-10/h3-4,7-9H,1,5-6H2,2H3. The summed E-state index contributed by atoms with van der Waals surface area (Å²) in [5.41, 5.74) is 1.41. The normalized spacial score (nSPS) is 24.1. The lowest BCUT2D eigenvalue weighted by Gasteiger charge is -2.09. The van der Waals surface area contributed by atoms with Crippen LogP contribution in [0, 0.1) is 5.92 Å². The average Bonchev–Trinajstić information content (AvgIpc) is 1.88. The van der Waals surface area contributed by atoms with E-state index >= 15 is 0 Å². The molecule has 0 heteroatoms. The van der Waals surface area contributed by atoms with Gasteiger partial charge in [-0.2, -0.15) is 0 Å². The first kappa shape index (κ1) is 7.33. The topological polar surface area (TPSA) is 0 Å². The highest BCUT2D eigenvalue weighted by atomic mass is 14.1. The zero-order valence-electron chi connectivity index (χ0n) is 6.51. The molecule has 1 unspecified atom stereocenters. The number of hydrogen-bond acceptors (Lipinski definition) is 0. The molecule has 0 saturated heterocycles. The second-order valence-electron chi connectivity index (χ2n) is 2.85. The molecular formula is C10H14. The van der Waals surface area contributed by atoms with Crippen molar-refractivity contribution in [3.05, 3.63) is 36.5 Å². The van der Waals surface area contributed by atoms with Gasteiger partial charge in [0.1, 0.15) is 0 Å². The van der Waals surface area contributed by atoms with Crippen LogP contribution in [0.1, 0.15) is 19.8 Å². The summed E-state index contributed by atoms with van der Waals surface area (Å²) >= 11 is 0. The quantitative estimate of drug-likeness (QED) is 0.509. The number of rotatable bonds is 2. The van der Waals surface area contributed by atoms with E-state index in [1.165, 1.54) is 12.0 Å². The molecule has 0 aromatic carbocycles. The molecule has 0 heterocycles. The summed E-state index contributed by atoms with van der Waals surface area (Å²) in [6.07, 6.45) is 10.9. The van der Waals surface area contributed by atoms with E-state index in [1.807, 2.05) is 6.08 Å². The number of allylic oxidation sites excluding steroid dienone is 5. The van der Waals surface area contributed by atoms with E-state index in [-0.39, 0.29) is 0 Å². The van der Waals surface area contributed by atoms with E-state index in [9.17, 15) is 0 Å². The van der Waals surface area contributed by atoms with Crippen LogP contribution in [-0.4, -0.2) is 0 Å². The van der Waals surface area contributed by atoms with Crippen LogP contribution in [0.25, 0.3) is 0 Å². The molecule has 0 aromatic rings. The van der Waals surface area contributed by atoms with Crippen LogP contribution < -0.4 is 0 Å². The lowest BCUT2D eigenvalue weighted by atomic mass is 9.96. The van der Waals surface area contributed by atoms with Crippen LogP contribution in [0.4, 0.5) is 0 Å². The van der Waals surface area contributed by atoms with Gasteiger partial charge in [-0.15, -0.1) is 6.58 Å². The fourth-order valence-corrected chi connectivity index (χ4v) is 1.23. The number of hydrogen-bond donors (Lipinski definition) is 0. The maximum Gasteiger partial charge on any atom is -0.0103 e. The largest absolute Gasteiger partial charge is 0.103 e. The van der Waals surface area contributed by atoms with Crippen molar-refractivity contribution in [1.82, 2.24) is 0 Å². The van der Waals surface area contributed by atoms with Gasteiger partial charge >= 0.3 is 0 Å². The Labute approximate surface area is 62.9 Å². The Morgan fingerprint density at radius 2 is 2.60 bits per heavy atom. The minimum Gasteiger partial charge on any atom is -0.103 e. The fourth-order valence-electron chi connectivity index (χ4n) is 1.23. The van der Waals surface area contributed by atoms with E-state index in [0.717, 1.165) is 12.3 Å². The molecule has 10 heavy (non-hydrogen) atoms. The van der Waals surface area contributed by atoms with Crippen LogP contribution in [0.2, 0.25) is 0 Å². The first-order valence-corrected chi connectivity index (χ1v) is 3.81. The highest BCUT2D eigenvalue weighted by Gasteiger charge is 2.01. The Morgan fingerprint density at radius 3 is 3.20 bits per heavy atom. The second kappa shape index (κ2) is 3.40. The maximum atomic E-state index is 3.71. The van der Waals surface area contributed by atoms with Crippen molar-refractivity contribution in [2.24, 2.45) is 5.92 Å². The molecule has 0 saturated carbocycles. The molecule has 0 amide bonds. The van der Waals surface area contributed by atoms with Gasteiger partial charge in [0.25, 0.3) is 0 Å². The van der Waals surface area contributed by atoms with Crippen molar-refractivity contribution in [2.75, 3.05) is 0 Å². The Hall–Kier alpha value is -0.780. The molecule has 0 N–H and O–H groups in total. The van der Waals surface area contributed by atoms with Crippen molar-refractivity contribution in [3.63, 3.8) is 0 Å². The molecule has 0 radical (unpaired) electrons. The van der Waals surface area contributed by atoms with Crippen molar-refractivity contribution >= 4 is 0 Å². The maximum absolute atomic E-state index is 3.71. The summed E-state index contributed by atoms with van der Waals surface area (Å²) in [4.78, 5) is 0. The third-order valence-electron chi connectivity index (χ3n) is 1.72. The first-order chi connectivity index (χ1) is 4.83. The lowest BCUT2D eigenvalue weighted by Crippen LogP contribution is -1.93. The van der Waals surface area contributed by atoms with E-state index in [0.29, 0.717) is 0 Å². The van der Waals surface area contributed by atoms with Crippen LogP contribution in [0.15, 0.2) is 36.5 Å². The van der Waals surface area contributed by atoms with E-state index < -0.39 is 0 Å². The molecule has 1 aliphatic carbocycles. The molecule has 1 aliphatic rings. The van der Waals surface area contributed by atoms with Crippen molar-refractivity contribution < 1.29 is 0 Å². The molecule has 0 aliphatic heterocycles. The van der Waals surface area contributed by atoms with Crippen LogP contribution in [-0.2, 0) is 0 Å². The minimum absolute atomic E-state index is 0.722. The predicted octanol–water partition coefficient (Wildman–Crippen LogP) is 3.08. The summed E-state index contributed by atoms with van der Waals surface area (Å²) in [7, 11) is 0. The molecule has 0 fully saturated rings. The molecule has 0 aromatic heterocycles. The van der Waals surface area contributed by atoms with Gasteiger partial charge in [0.15, 0.2) is 0 Å². The van der Waals surface area contributed by atoms with Crippen molar-refractivity contribution in [3.8, 4) is 0 Å². The van der Waals surface area contributed by atoms with Crippen molar-refractivity contribution in [2.45, 2.75) is 19.8 Å². The van der Waals surface area contributed by atoms with Crippen LogP contribution in [0.5, 0.6) is 0 Å². The monoisotopic (exact) mass is 134 g/mol. The summed E-state index contributed by atoms with van der Waals surface area (Å²) in [5, 5.41) is 0. The third-order valence-corrected chi connectivity index (χ3v) is 1.72.